The number of carbonyl (C=O) groups excluding carboxylic acids is 1. The SMILES string of the molecule is O=C(Cn1c(=O)oc2ccccc21)NCCSCc1ccccc1F. The third kappa shape index (κ3) is 4.30. The Labute approximate surface area is 147 Å². The number of nitrogens with one attached hydrogen (secondary N) is 1. The number of rotatable bonds is 7. The van der Waals surface area contributed by atoms with Gasteiger partial charge in [0.05, 0.1) is 5.52 Å². The average molecular weight is 360 g/mol. The van der Waals surface area contributed by atoms with Crippen molar-refractivity contribution in [3.63, 3.8) is 0 Å². The van der Waals surface area contributed by atoms with Gasteiger partial charge in [0.1, 0.15) is 12.4 Å². The largest absolute Gasteiger partial charge is 0.420 e. The summed E-state index contributed by atoms with van der Waals surface area (Å²) in [5.41, 5.74) is 1.70. The minimum Gasteiger partial charge on any atom is -0.408 e. The van der Waals surface area contributed by atoms with Crippen LogP contribution in [0.1, 0.15) is 5.56 Å². The fourth-order valence-electron chi connectivity index (χ4n) is 2.42. The molecule has 25 heavy (non-hydrogen) atoms. The fraction of sp³-hybridized carbons (Fsp3) is 0.222. The quantitative estimate of drug-likeness (QED) is 0.658. The van der Waals surface area contributed by atoms with E-state index in [4.69, 9.17) is 4.42 Å². The normalized spacial score (nSPS) is 10.9. The summed E-state index contributed by atoms with van der Waals surface area (Å²) >= 11 is 1.53. The lowest BCUT2D eigenvalue weighted by Crippen LogP contribution is -2.32. The van der Waals surface area contributed by atoms with E-state index >= 15 is 0 Å². The maximum atomic E-state index is 13.5. The minimum atomic E-state index is -0.551. The highest BCUT2D eigenvalue weighted by Gasteiger charge is 2.11. The van der Waals surface area contributed by atoms with Crippen molar-refractivity contribution >= 4 is 28.8 Å². The van der Waals surface area contributed by atoms with Crippen LogP contribution >= 0.6 is 11.8 Å². The molecule has 0 aliphatic carbocycles. The Bertz CT molecular complexity index is 935. The van der Waals surface area contributed by atoms with Crippen LogP contribution in [-0.2, 0) is 17.1 Å². The number of hydrogen-bond donors (Lipinski definition) is 1. The summed E-state index contributed by atoms with van der Waals surface area (Å²) in [4.78, 5) is 23.8. The molecule has 0 spiro atoms. The number of aromatic nitrogens is 1. The molecule has 1 amide bonds. The van der Waals surface area contributed by atoms with Crippen molar-refractivity contribution in [1.82, 2.24) is 9.88 Å². The van der Waals surface area contributed by atoms with E-state index in [1.165, 1.54) is 22.4 Å². The van der Waals surface area contributed by atoms with E-state index in [2.05, 4.69) is 5.32 Å². The summed E-state index contributed by atoms with van der Waals surface area (Å²) in [7, 11) is 0. The molecular weight excluding hydrogens is 343 g/mol. The molecule has 0 aliphatic heterocycles. The van der Waals surface area contributed by atoms with Gasteiger partial charge in [-0.3, -0.25) is 9.36 Å². The van der Waals surface area contributed by atoms with E-state index in [9.17, 15) is 14.0 Å². The van der Waals surface area contributed by atoms with Crippen LogP contribution in [0.3, 0.4) is 0 Å². The zero-order valence-electron chi connectivity index (χ0n) is 13.4. The van der Waals surface area contributed by atoms with E-state index in [-0.39, 0.29) is 18.3 Å². The van der Waals surface area contributed by atoms with Crippen LogP contribution in [0.2, 0.25) is 0 Å². The van der Waals surface area contributed by atoms with E-state index in [0.717, 1.165) is 0 Å². The lowest BCUT2D eigenvalue weighted by atomic mass is 10.2. The second-order valence-electron chi connectivity index (χ2n) is 5.42. The summed E-state index contributed by atoms with van der Waals surface area (Å²) < 4.78 is 19.9. The minimum absolute atomic E-state index is 0.0895. The third-order valence-corrected chi connectivity index (χ3v) is 4.67. The van der Waals surface area contributed by atoms with Gasteiger partial charge in [-0.15, -0.1) is 0 Å². The first kappa shape index (κ1) is 17.3. The average Bonchev–Trinajstić information content (AvgIpc) is 2.92. The van der Waals surface area contributed by atoms with Crippen molar-refractivity contribution in [3.05, 3.63) is 70.5 Å². The molecule has 7 heteroatoms. The zero-order chi connectivity index (χ0) is 17.6. The van der Waals surface area contributed by atoms with Crippen molar-refractivity contribution in [3.8, 4) is 0 Å². The van der Waals surface area contributed by atoms with Crippen molar-refractivity contribution in [2.24, 2.45) is 0 Å². The van der Waals surface area contributed by atoms with Crippen LogP contribution in [0.25, 0.3) is 11.1 Å². The molecule has 0 saturated carbocycles. The fourth-order valence-corrected chi connectivity index (χ4v) is 3.27. The summed E-state index contributed by atoms with van der Waals surface area (Å²) in [5.74, 6) is 0.172. The van der Waals surface area contributed by atoms with E-state index in [0.29, 0.717) is 34.7 Å². The van der Waals surface area contributed by atoms with Crippen molar-refractivity contribution in [1.29, 1.82) is 0 Å². The second kappa shape index (κ2) is 8.02. The van der Waals surface area contributed by atoms with Gasteiger partial charge in [-0.05, 0) is 23.8 Å². The highest BCUT2D eigenvalue weighted by atomic mass is 32.2. The zero-order valence-corrected chi connectivity index (χ0v) is 14.2. The van der Waals surface area contributed by atoms with Gasteiger partial charge < -0.3 is 9.73 Å². The molecule has 1 heterocycles. The predicted molar refractivity (Wildman–Crippen MR) is 96.0 cm³/mol. The number of carbonyl (C=O) groups is 1. The first-order valence-corrected chi connectivity index (χ1v) is 8.97. The lowest BCUT2D eigenvalue weighted by Gasteiger charge is -2.06. The number of oxazole rings is 1. The lowest BCUT2D eigenvalue weighted by molar-refractivity contribution is -0.121. The van der Waals surface area contributed by atoms with Crippen LogP contribution < -0.4 is 11.1 Å². The van der Waals surface area contributed by atoms with Crippen LogP contribution in [0.15, 0.2) is 57.7 Å². The first-order chi connectivity index (χ1) is 12.1. The van der Waals surface area contributed by atoms with E-state index in [1.54, 1.807) is 42.5 Å². The summed E-state index contributed by atoms with van der Waals surface area (Å²) in [6.07, 6.45) is 0. The van der Waals surface area contributed by atoms with Crippen LogP contribution in [0.4, 0.5) is 4.39 Å². The molecule has 1 aromatic heterocycles. The Kier molecular flexibility index (Phi) is 5.55. The number of halogens is 1. The number of fused-ring (bicyclic) bond motifs is 1. The van der Waals surface area contributed by atoms with Gasteiger partial charge in [0, 0.05) is 18.1 Å². The highest BCUT2D eigenvalue weighted by molar-refractivity contribution is 7.98. The van der Waals surface area contributed by atoms with Crippen LogP contribution in [0.5, 0.6) is 0 Å². The Balaban J connectivity index is 1.46. The third-order valence-electron chi connectivity index (χ3n) is 3.66. The second-order valence-corrected chi connectivity index (χ2v) is 6.52. The molecule has 0 saturated heterocycles. The molecule has 0 fully saturated rings. The molecule has 3 rings (SSSR count). The number of amides is 1. The van der Waals surface area contributed by atoms with Gasteiger partial charge >= 0.3 is 5.76 Å². The number of nitrogens with zero attached hydrogens (tertiary/aromatic N) is 1. The van der Waals surface area contributed by atoms with Crippen LogP contribution in [-0.4, -0.2) is 22.8 Å². The van der Waals surface area contributed by atoms with Gasteiger partial charge in [0.15, 0.2) is 5.58 Å². The summed E-state index contributed by atoms with van der Waals surface area (Å²) in [6.45, 7) is 0.357. The smallest absolute Gasteiger partial charge is 0.408 e. The Hall–Kier alpha value is -2.54. The molecule has 130 valence electrons. The maximum Gasteiger partial charge on any atom is 0.420 e. The maximum absolute atomic E-state index is 13.5. The Morgan fingerprint density at radius 2 is 1.92 bits per heavy atom. The molecule has 1 N–H and O–H groups in total. The number of hydrogen-bond acceptors (Lipinski definition) is 4. The number of benzene rings is 2. The molecule has 0 aliphatic rings. The molecular formula is C18H17FN2O3S. The van der Waals surface area contributed by atoms with Gasteiger partial charge in [-0.2, -0.15) is 11.8 Å². The molecule has 3 aromatic rings. The summed E-state index contributed by atoms with van der Waals surface area (Å²) in [6, 6.07) is 13.6. The molecule has 0 unspecified atom stereocenters. The molecule has 5 nitrogen and oxygen atoms in total. The first-order valence-electron chi connectivity index (χ1n) is 7.81. The Morgan fingerprint density at radius 1 is 1.16 bits per heavy atom. The van der Waals surface area contributed by atoms with Gasteiger partial charge in [-0.1, -0.05) is 30.3 Å². The number of para-hydroxylation sites is 2. The topological polar surface area (TPSA) is 64.2 Å². The molecule has 0 bridgehead atoms. The van der Waals surface area contributed by atoms with Crippen molar-refractivity contribution < 1.29 is 13.6 Å². The van der Waals surface area contributed by atoms with Gasteiger partial charge in [0.2, 0.25) is 5.91 Å². The number of thioether (sulfide) groups is 1. The molecule has 0 radical (unpaired) electrons. The van der Waals surface area contributed by atoms with Crippen molar-refractivity contribution in [2.75, 3.05) is 12.3 Å². The highest BCUT2D eigenvalue weighted by Crippen LogP contribution is 2.15. The standard InChI is InChI=1S/C18H17FN2O3S/c19-14-6-2-1-5-13(14)12-25-10-9-20-17(22)11-21-15-7-3-4-8-16(15)24-18(21)23/h1-8H,9-12H2,(H,20,22). The van der Waals surface area contributed by atoms with Gasteiger partial charge in [0.25, 0.3) is 0 Å². The Morgan fingerprint density at radius 3 is 2.76 bits per heavy atom. The van der Waals surface area contributed by atoms with Gasteiger partial charge in [-0.25, -0.2) is 9.18 Å². The summed E-state index contributed by atoms with van der Waals surface area (Å²) in [5, 5.41) is 2.76. The monoisotopic (exact) mass is 360 g/mol. The van der Waals surface area contributed by atoms with Crippen molar-refractivity contribution in [2.45, 2.75) is 12.3 Å². The van der Waals surface area contributed by atoms with E-state index < -0.39 is 5.76 Å². The molecule has 2 aromatic carbocycles. The van der Waals surface area contributed by atoms with E-state index in [1.807, 2.05) is 0 Å². The molecule has 0 atom stereocenters. The van der Waals surface area contributed by atoms with Crippen LogP contribution in [0, 0.1) is 5.82 Å². The predicted octanol–water partition coefficient (Wildman–Crippen LogP) is 2.78.